The first-order chi connectivity index (χ1) is 20.2. The van der Waals surface area contributed by atoms with E-state index in [-0.39, 0.29) is 18.0 Å². The van der Waals surface area contributed by atoms with Crippen LogP contribution in [0.15, 0.2) is 73.3 Å². The van der Waals surface area contributed by atoms with Crippen LogP contribution in [0.1, 0.15) is 54.9 Å². The molecule has 1 aromatic carbocycles. The zero-order valence-electron chi connectivity index (χ0n) is 22.9. The predicted molar refractivity (Wildman–Crippen MR) is 157 cm³/mol. The highest BCUT2D eigenvalue weighted by Crippen LogP contribution is 2.36. The van der Waals surface area contributed by atoms with Gasteiger partial charge in [0.15, 0.2) is 0 Å². The second-order valence-electron chi connectivity index (χ2n) is 10.7. The lowest BCUT2D eigenvalue weighted by molar-refractivity contribution is 0.0940. The molecular weight excluding hydrogens is 514 g/mol. The molecule has 2 aliphatic rings. The maximum atomic E-state index is 12.9. The summed E-state index contributed by atoms with van der Waals surface area (Å²) in [5.41, 5.74) is 3.02. The first kappa shape index (κ1) is 26.4. The molecule has 6 rings (SSSR count). The number of aromatic nitrogens is 5. The van der Waals surface area contributed by atoms with Crippen molar-refractivity contribution in [2.75, 3.05) is 23.3 Å². The molecule has 2 unspecified atom stereocenters. The van der Waals surface area contributed by atoms with Crippen LogP contribution in [0.2, 0.25) is 0 Å². The standard InChI is InChI=1S/C31H33N9O/c32-15-12-28(22-5-1-2-6-22)40-20-24(19-35-40)27-13-17-34-31(38-27)37-25-10-8-23(9-11-25)30(41)36-26-14-18-39(21-26)29-7-3-4-16-33-29/h3-4,7-11,13,16-17,19-20,22,26,28H,1-2,5-6,12,14,18,21H2,(H,36,41)(H,34,37,38). The van der Waals surface area contributed by atoms with Gasteiger partial charge in [0.1, 0.15) is 5.82 Å². The summed E-state index contributed by atoms with van der Waals surface area (Å²) in [4.78, 5) is 28.5. The average Bonchev–Trinajstić information content (AvgIpc) is 3.80. The third-order valence-electron chi connectivity index (χ3n) is 8.04. The van der Waals surface area contributed by atoms with E-state index in [0.29, 0.717) is 23.9 Å². The van der Waals surface area contributed by atoms with Gasteiger partial charge in [-0.1, -0.05) is 18.9 Å². The highest BCUT2D eigenvalue weighted by Gasteiger charge is 2.27. The van der Waals surface area contributed by atoms with Gasteiger partial charge < -0.3 is 15.5 Å². The molecule has 2 N–H and O–H groups in total. The summed E-state index contributed by atoms with van der Waals surface area (Å²) in [6.07, 6.45) is 13.4. The Kier molecular flexibility index (Phi) is 7.85. The molecule has 1 aliphatic carbocycles. The average molecular weight is 548 g/mol. The fourth-order valence-electron chi connectivity index (χ4n) is 5.87. The van der Waals surface area contributed by atoms with Crippen LogP contribution >= 0.6 is 0 Å². The van der Waals surface area contributed by atoms with Crippen LogP contribution in [0, 0.1) is 17.2 Å². The van der Waals surface area contributed by atoms with Crippen LogP contribution in [-0.2, 0) is 0 Å². The number of pyridine rings is 1. The highest BCUT2D eigenvalue weighted by atomic mass is 16.1. The Labute approximate surface area is 239 Å². The van der Waals surface area contributed by atoms with Gasteiger partial charge in [-0.15, -0.1) is 0 Å². The number of nitrogens with zero attached hydrogens (tertiary/aromatic N) is 7. The molecule has 1 saturated carbocycles. The number of benzene rings is 1. The summed E-state index contributed by atoms with van der Waals surface area (Å²) >= 11 is 0. The number of carbonyl (C=O) groups is 1. The van der Waals surface area contributed by atoms with E-state index in [1.165, 1.54) is 12.8 Å². The molecule has 1 amide bonds. The molecule has 4 aromatic rings. The van der Waals surface area contributed by atoms with Crippen LogP contribution in [0.5, 0.6) is 0 Å². The maximum absolute atomic E-state index is 12.9. The minimum atomic E-state index is -0.0908. The fourth-order valence-corrected chi connectivity index (χ4v) is 5.87. The number of hydrogen-bond donors (Lipinski definition) is 2. The minimum absolute atomic E-state index is 0.0798. The lowest BCUT2D eigenvalue weighted by atomic mass is 9.96. The Hall–Kier alpha value is -4.78. The molecule has 208 valence electrons. The Morgan fingerprint density at radius 1 is 1.05 bits per heavy atom. The van der Waals surface area contributed by atoms with Crippen molar-refractivity contribution in [3.05, 3.63) is 78.9 Å². The summed E-state index contributed by atoms with van der Waals surface area (Å²) in [5.74, 6) is 1.80. The van der Waals surface area contributed by atoms with Crippen molar-refractivity contribution in [1.82, 2.24) is 30.0 Å². The highest BCUT2D eigenvalue weighted by molar-refractivity contribution is 5.94. The van der Waals surface area contributed by atoms with Gasteiger partial charge in [0.05, 0.1) is 30.4 Å². The van der Waals surface area contributed by atoms with Crippen LogP contribution in [0.25, 0.3) is 11.3 Å². The summed E-state index contributed by atoms with van der Waals surface area (Å²) in [7, 11) is 0. The number of hydrogen-bond acceptors (Lipinski definition) is 8. The monoisotopic (exact) mass is 547 g/mol. The van der Waals surface area contributed by atoms with Crippen molar-refractivity contribution >= 4 is 23.4 Å². The fraction of sp³-hybridized carbons (Fsp3) is 0.355. The van der Waals surface area contributed by atoms with Crippen molar-refractivity contribution in [2.45, 2.75) is 50.6 Å². The topological polar surface area (TPSA) is 125 Å². The minimum Gasteiger partial charge on any atom is -0.354 e. The van der Waals surface area contributed by atoms with Crippen LogP contribution in [0.4, 0.5) is 17.5 Å². The molecule has 0 bridgehead atoms. The lowest BCUT2D eigenvalue weighted by Gasteiger charge is -2.21. The number of rotatable bonds is 9. The first-order valence-electron chi connectivity index (χ1n) is 14.2. The second kappa shape index (κ2) is 12.2. The van der Waals surface area contributed by atoms with E-state index in [9.17, 15) is 10.1 Å². The predicted octanol–water partition coefficient (Wildman–Crippen LogP) is 5.13. The number of amides is 1. The van der Waals surface area contributed by atoms with E-state index in [1.54, 1.807) is 30.7 Å². The Morgan fingerprint density at radius 2 is 1.90 bits per heavy atom. The summed E-state index contributed by atoms with van der Waals surface area (Å²) in [5, 5.41) is 20.3. The number of carbonyl (C=O) groups excluding carboxylic acids is 1. The quantitative estimate of drug-likeness (QED) is 0.295. The van der Waals surface area contributed by atoms with Crippen molar-refractivity contribution in [2.24, 2.45) is 5.92 Å². The Morgan fingerprint density at radius 3 is 2.68 bits per heavy atom. The van der Waals surface area contributed by atoms with E-state index >= 15 is 0 Å². The summed E-state index contributed by atoms with van der Waals surface area (Å²) in [6, 6.07) is 17.5. The van der Waals surface area contributed by atoms with E-state index in [1.807, 2.05) is 47.3 Å². The Bertz CT molecular complexity index is 1510. The molecule has 2 fully saturated rings. The number of nitrogens with one attached hydrogen (secondary N) is 2. The van der Waals surface area contributed by atoms with Crippen molar-refractivity contribution < 1.29 is 4.79 Å². The summed E-state index contributed by atoms with van der Waals surface area (Å²) in [6.45, 7) is 1.61. The SMILES string of the molecule is N#CCC(C1CCCC1)n1cc(-c2ccnc(Nc3ccc(C(=O)NC4CCN(c5ccccn5)C4)cc3)n2)cn1. The van der Waals surface area contributed by atoms with E-state index in [4.69, 9.17) is 0 Å². The molecular formula is C31H33N9O. The smallest absolute Gasteiger partial charge is 0.251 e. The van der Waals surface area contributed by atoms with Crippen molar-refractivity contribution in [3.8, 4) is 17.3 Å². The van der Waals surface area contributed by atoms with E-state index in [0.717, 1.165) is 55.1 Å². The third-order valence-corrected chi connectivity index (χ3v) is 8.04. The van der Waals surface area contributed by atoms with Crippen LogP contribution < -0.4 is 15.5 Å². The van der Waals surface area contributed by atoms with Gasteiger partial charge in [-0.25, -0.2) is 15.0 Å². The third kappa shape index (κ3) is 6.19. The van der Waals surface area contributed by atoms with Gasteiger partial charge in [0.2, 0.25) is 5.95 Å². The second-order valence-corrected chi connectivity index (χ2v) is 10.7. The van der Waals surface area contributed by atoms with Crippen LogP contribution in [0.3, 0.4) is 0 Å². The van der Waals surface area contributed by atoms with Gasteiger partial charge >= 0.3 is 0 Å². The molecule has 0 radical (unpaired) electrons. The molecule has 3 aromatic heterocycles. The molecule has 2 atom stereocenters. The van der Waals surface area contributed by atoms with Gasteiger partial charge in [-0.05, 0) is 67.6 Å². The Balaban J connectivity index is 1.07. The van der Waals surface area contributed by atoms with Gasteiger partial charge in [0, 0.05) is 54.5 Å². The zero-order valence-corrected chi connectivity index (χ0v) is 22.9. The number of anilines is 3. The first-order valence-corrected chi connectivity index (χ1v) is 14.2. The largest absolute Gasteiger partial charge is 0.354 e. The van der Waals surface area contributed by atoms with Gasteiger partial charge in [0.25, 0.3) is 5.91 Å². The van der Waals surface area contributed by atoms with Crippen molar-refractivity contribution in [3.63, 3.8) is 0 Å². The normalized spacial score (nSPS) is 17.7. The maximum Gasteiger partial charge on any atom is 0.251 e. The van der Waals surface area contributed by atoms with Crippen LogP contribution in [-0.4, -0.2) is 49.8 Å². The number of nitriles is 1. The molecule has 0 spiro atoms. The molecule has 10 nitrogen and oxygen atoms in total. The zero-order chi connectivity index (χ0) is 28.0. The molecule has 41 heavy (non-hydrogen) atoms. The lowest BCUT2D eigenvalue weighted by Crippen LogP contribution is -2.37. The molecule has 1 saturated heterocycles. The molecule has 1 aliphatic heterocycles. The van der Waals surface area contributed by atoms with Gasteiger partial charge in [-0.3, -0.25) is 9.48 Å². The summed E-state index contributed by atoms with van der Waals surface area (Å²) < 4.78 is 1.94. The van der Waals surface area contributed by atoms with E-state index in [2.05, 4.69) is 41.7 Å². The van der Waals surface area contributed by atoms with E-state index < -0.39 is 0 Å². The molecule has 10 heteroatoms. The van der Waals surface area contributed by atoms with Crippen molar-refractivity contribution in [1.29, 1.82) is 5.26 Å². The van der Waals surface area contributed by atoms with Gasteiger partial charge in [-0.2, -0.15) is 10.4 Å². The molecule has 4 heterocycles.